The monoisotopic (exact) mass is 443 g/mol. The van der Waals surface area contributed by atoms with Crippen molar-refractivity contribution in [3.05, 3.63) is 63.3 Å². The minimum absolute atomic E-state index is 0.0344. The molecule has 2 aromatic rings. The molecule has 1 unspecified atom stereocenters. The lowest BCUT2D eigenvalue weighted by atomic mass is 10.0. The van der Waals surface area contributed by atoms with Crippen LogP contribution in [0, 0.1) is 10.1 Å². The van der Waals surface area contributed by atoms with E-state index in [9.17, 15) is 19.7 Å². The highest BCUT2D eigenvalue weighted by atomic mass is 35.5. The fourth-order valence-electron chi connectivity index (χ4n) is 3.98. The van der Waals surface area contributed by atoms with Crippen molar-refractivity contribution in [2.24, 2.45) is 0 Å². The topological polar surface area (TPSA) is 109 Å². The van der Waals surface area contributed by atoms with E-state index in [4.69, 9.17) is 11.6 Å². The number of rotatable bonds is 6. The molecule has 0 spiro atoms. The Morgan fingerprint density at radius 2 is 1.84 bits per heavy atom. The van der Waals surface area contributed by atoms with E-state index in [1.54, 1.807) is 18.2 Å². The van der Waals surface area contributed by atoms with Gasteiger partial charge in [0.05, 0.1) is 23.9 Å². The predicted molar refractivity (Wildman–Crippen MR) is 115 cm³/mol. The van der Waals surface area contributed by atoms with Gasteiger partial charge >= 0.3 is 0 Å². The number of carbonyl (C=O) groups excluding carboxylic acids is 2. The first-order valence-electron chi connectivity index (χ1n) is 10.1. The molecule has 31 heavy (non-hydrogen) atoms. The molecule has 0 radical (unpaired) electrons. The van der Waals surface area contributed by atoms with Crippen LogP contribution in [0.2, 0.25) is 5.02 Å². The van der Waals surface area contributed by atoms with Crippen LogP contribution in [0.15, 0.2) is 42.6 Å². The molecular weight excluding hydrogens is 422 g/mol. The first kappa shape index (κ1) is 21.2. The average Bonchev–Trinajstić information content (AvgIpc) is 3.03. The summed E-state index contributed by atoms with van der Waals surface area (Å²) in [6.07, 6.45) is 3.00. The third-order valence-electron chi connectivity index (χ3n) is 5.70. The maximum atomic E-state index is 12.8. The highest BCUT2D eigenvalue weighted by molar-refractivity contribution is 6.30. The van der Waals surface area contributed by atoms with Crippen LogP contribution >= 0.6 is 11.6 Å². The largest absolute Gasteiger partial charge is 0.356 e. The lowest BCUT2D eigenvalue weighted by Gasteiger charge is -2.34. The maximum absolute atomic E-state index is 12.8. The minimum atomic E-state index is -0.506. The summed E-state index contributed by atoms with van der Waals surface area (Å²) in [6, 6.07) is 9.82. The minimum Gasteiger partial charge on any atom is -0.356 e. The summed E-state index contributed by atoms with van der Waals surface area (Å²) in [7, 11) is 0. The molecule has 2 saturated heterocycles. The fraction of sp³-hybridized carbons (Fsp3) is 0.381. The zero-order valence-electron chi connectivity index (χ0n) is 16.7. The van der Waals surface area contributed by atoms with E-state index in [1.165, 1.54) is 17.2 Å². The number of benzene rings is 1. The number of piperidine rings is 1. The van der Waals surface area contributed by atoms with Gasteiger partial charge in [0.1, 0.15) is 12.0 Å². The van der Waals surface area contributed by atoms with Gasteiger partial charge in [-0.25, -0.2) is 4.98 Å². The van der Waals surface area contributed by atoms with Gasteiger partial charge in [-0.05, 0) is 36.6 Å². The second-order valence-corrected chi connectivity index (χ2v) is 8.20. The van der Waals surface area contributed by atoms with Gasteiger partial charge < -0.3 is 10.2 Å². The number of aromatic nitrogens is 1. The molecule has 1 aromatic heterocycles. The van der Waals surface area contributed by atoms with Gasteiger partial charge in [-0.3, -0.25) is 24.6 Å². The van der Waals surface area contributed by atoms with Crippen LogP contribution in [0.25, 0.3) is 0 Å². The van der Waals surface area contributed by atoms with Crippen molar-refractivity contribution in [1.29, 1.82) is 0 Å². The number of anilines is 1. The molecule has 0 aliphatic carbocycles. The van der Waals surface area contributed by atoms with Crippen molar-refractivity contribution in [2.45, 2.75) is 37.9 Å². The molecule has 1 atom stereocenters. The molecule has 1 aromatic carbocycles. The highest BCUT2D eigenvalue weighted by Gasteiger charge is 2.39. The Morgan fingerprint density at radius 1 is 1.13 bits per heavy atom. The van der Waals surface area contributed by atoms with Crippen molar-refractivity contribution >= 4 is 34.9 Å². The van der Waals surface area contributed by atoms with Crippen LogP contribution in [-0.2, 0) is 16.1 Å². The Kier molecular flexibility index (Phi) is 6.15. The number of likely N-dealkylation sites (tertiary alicyclic amines) is 1. The molecule has 162 valence electrons. The number of pyridine rings is 1. The van der Waals surface area contributed by atoms with Crippen molar-refractivity contribution in [1.82, 2.24) is 15.2 Å². The molecule has 2 aliphatic rings. The number of nitrogens with one attached hydrogen (secondary N) is 1. The quantitative estimate of drug-likeness (QED) is 0.415. The summed E-state index contributed by atoms with van der Waals surface area (Å²) in [5.41, 5.74) is 0.823. The van der Waals surface area contributed by atoms with Gasteiger partial charge in [0.2, 0.25) is 11.8 Å². The molecule has 4 rings (SSSR count). The van der Waals surface area contributed by atoms with Gasteiger partial charge in [0.25, 0.3) is 5.69 Å². The Balaban J connectivity index is 1.30. The summed E-state index contributed by atoms with van der Waals surface area (Å²) in [5, 5.41) is 14.7. The van der Waals surface area contributed by atoms with Crippen LogP contribution in [0.3, 0.4) is 0 Å². The number of hydrogen-bond acceptors (Lipinski definition) is 7. The number of nitrogens with zero attached hydrogens (tertiary/aromatic N) is 4. The van der Waals surface area contributed by atoms with Crippen LogP contribution < -0.4 is 10.2 Å². The molecular formula is C21H22ClN5O4. The van der Waals surface area contributed by atoms with E-state index >= 15 is 0 Å². The molecule has 1 N–H and O–H groups in total. The number of nitro groups is 1. The smallest absolute Gasteiger partial charge is 0.287 e. The van der Waals surface area contributed by atoms with E-state index in [2.05, 4.69) is 15.2 Å². The third-order valence-corrected chi connectivity index (χ3v) is 5.95. The van der Waals surface area contributed by atoms with E-state index < -0.39 is 11.0 Å². The van der Waals surface area contributed by atoms with Crippen molar-refractivity contribution in [3.63, 3.8) is 0 Å². The lowest BCUT2D eigenvalue weighted by Crippen LogP contribution is -2.48. The standard InChI is InChI=1S/C21H22ClN5O4/c22-15-3-1-14(2-4-15)13-26-20(28)11-18(21(26)29)24-16-7-9-25(10-8-16)19-6-5-17(12-23-19)27(30)31/h1-6,12,16,18,24H,7-11,13H2. The molecule has 2 amide bonds. The van der Waals surface area contributed by atoms with Crippen molar-refractivity contribution in [2.75, 3.05) is 18.0 Å². The SMILES string of the molecule is O=C1CC(NC2CCN(c3ccc([N+](=O)[O-])cn3)CC2)C(=O)N1Cc1ccc(Cl)cc1. The fourth-order valence-corrected chi connectivity index (χ4v) is 4.11. The van der Waals surface area contributed by atoms with E-state index in [0.29, 0.717) is 23.9 Å². The number of carbonyl (C=O) groups is 2. The van der Waals surface area contributed by atoms with Gasteiger partial charge in [-0.2, -0.15) is 0 Å². The number of hydrogen-bond donors (Lipinski definition) is 1. The van der Waals surface area contributed by atoms with Gasteiger partial charge in [-0.1, -0.05) is 23.7 Å². The summed E-state index contributed by atoms with van der Waals surface area (Å²) in [6.45, 7) is 1.68. The van der Waals surface area contributed by atoms with E-state index in [0.717, 1.165) is 18.4 Å². The first-order valence-corrected chi connectivity index (χ1v) is 10.5. The zero-order chi connectivity index (χ0) is 22.0. The van der Waals surface area contributed by atoms with Gasteiger partial charge in [0, 0.05) is 30.2 Å². The zero-order valence-corrected chi connectivity index (χ0v) is 17.5. The summed E-state index contributed by atoms with van der Waals surface area (Å²) >= 11 is 5.89. The normalized spacial score (nSPS) is 19.8. The Labute approximate surface area is 184 Å². The molecule has 3 heterocycles. The lowest BCUT2D eigenvalue weighted by molar-refractivity contribution is -0.385. The highest BCUT2D eigenvalue weighted by Crippen LogP contribution is 2.23. The molecule has 0 bridgehead atoms. The molecule has 0 saturated carbocycles. The third kappa shape index (κ3) is 4.83. The van der Waals surface area contributed by atoms with Crippen LogP contribution in [-0.4, -0.2) is 51.8 Å². The molecule has 9 nitrogen and oxygen atoms in total. The molecule has 10 heteroatoms. The second-order valence-electron chi connectivity index (χ2n) is 7.76. The molecule has 2 fully saturated rings. The number of imide groups is 1. The summed E-state index contributed by atoms with van der Waals surface area (Å²) < 4.78 is 0. The van der Waals surface area contributed by atoms with Gasteiger partial charge in [0.15, 0.2) is 0 Å². The predicted octanol–water partition coefficient (Wildman–Crippen LogP) is 2.53. The van der Waals surface area contributed by atoms with Crippen LogP contribution in [0.4, 0.5) is 11.5 Å². The van der Waals surface area contributed by atoms with Crippen molar-refractivity contribution < 1.29 is 14.5 Å². The number of halogens is 1. The average molecular weight is 444 g/mol. The summed E-state index contributed by atoms with van der Waals surface area (Å²) in [4.78, 5) is 43.0. The van der Waals surface area contributed by atoms with E-state index in [-0.39, 0.29) is 36.5 Å². The number of amides is 2. The maximum Gasteiger partial charge on any atom is 0.287 e. The second kappa shape index (κ2) is 8.99. The Bertz CT molecular complexity index is 974. The van der Waals surface area contributed by atoms with Crippen molar-refractivity contribution in [3.8, 4) is 0 Å². The first-order chi connectivity index (χ1) is 14.9. The van der Waals surface area contributed by atoms with Crippen LogP contribution in [0.5, 0.6) is 0 Å². The Hall–Kier alpha value is -3.04. The summed E-state index contributed by atoms with van der Waals surface area (Å²) in [5.74, 6) is 0.328. The van der Waals surface area contributed by atoms with Crippen LogP contribution in [0.1, 0.15) is 24.8 Å². The Morgan fingerprint density at radius 3 is 2.45 bits per heavy atom. The van der Waals surface area contributed by atoms with E-state index in [1.807, 2.05) is 12.1 Å². The van der Waals surface area contributed by atoms with Gasteiger partial charge in [-0.15, -0.1) is 0 Å². The molecule has 2 aliphatic heterocycles.